The summed E-state index contributed by atoms with van der Waals surface area (Å²) in [6.45, 7) is 2.23. The molecule has 1 aromatic heterocycles. The van der Waals surface area contributed by atoms with E-state index >= 15 is 0 Å². The Hall–Kier alpha value is -1.66. The highest BCUT2D eigenvalue weighted by Gasteiger charge is 2.22. The quantitative estimate of drug-likeness (QED) is 0.768. The van der Waals surface area contributed by atoms with Crippen LogP contribution in [0.5, 0.6) is 0 Å². The lowest BCUT2D eigenvalue weighted by atomic mass is 10.0. The number of likely N-dealkylation sites (N-methyl/N-ethyl adjacent to an activating group) is 1. The molecule has 5 nitrogen and oxygen atoms in total. The molecule has 2 aliphatic rings. The fourth-order valence-electron chi connectivity index (χ4n) is 3.43. The largest absolute Gasteiger partial charge is 0.381 e. The Labute approximate surface area is 142 Å². The van der Waals surface area contributed by atoms with E-state index < -0.39 is 0 Å². The second kappa shape index (κ2) is 5.76. The number of nitrogens with zero attached hydrogens (tertiary/aromatic N) is 3. The molecular weight excluding hydrogens is 358 g/mol. The number of fused-ring (bicyclic) bond motifs is 3. The minimum atomic E-state index is 0.0355. The van der Waals surface area contributed by atoms with Crippen LogP contribution in [0.3, 0.4) is 0 Å². The molecule has 0 radical (unpaired) electrons. The van der Waals surface area contributed by atoms with Gasteiger partial charge in [0.15, 0.2) is 0 Å². The molecule has 6 heteroatoms. The minimum Gasteiger partial charge on any atom is -0.381 e. The van der Waals surface area contributed by atoms with E-state index in [1.165, 1.54) is 0 Å². The van der Waals surface area contributed by atoms with E-state index in [0.717, 1.165) is 40.6 Å². The molecule has 3 heterocycles. The molecule has 0 spiro atoms. The van der Waals surface area contributed by atoms with E-state index in [1.54, 1.807) is 10.9 Å². The van der Waals surface area contributed by atoms with Crippen molar-refractivity contribution in [3.63, 3.8) is 0 Å². The normalized spacial score (nSPS) is 18.4. The van der Waals surface area contributed by atoms with Gasteiger partial charge in [-0.25, -0.2) is 4.98 Å². The van der Waals surface area contributed by atoms with Crippen LogP contribution in [0.4, 0.5) is 5.69 Å². The first-order valence-electron chi connectivity index (χ1n) is 7.85. The molecule has 0 unspecified atom stereocenters. The van der Waals surface area contributed by atoms with Gasteiger partial charge in [-0.05, 0) is 18.9 Å². The van der Waals surface area contributed by atoms with Gasteiger partial charge in [-0.3, -0.25) is 9.36 Å². The van der Waals surface area contributed by atoms with Crippen LogP contribution < -0.4 is 10.5 Å². The zero-order chi connectivity index (χ0) is 16.0. The van der Waals surface area contributed by atoms with Gasteiger partial charge in [0.1, 0.15) is 5.52 Å². The van der Waals surface area contributed by atoms with Crippen molar-refractivity contribution in [2.24, 2.45) is 0 Å². The van der Waals surface area contributed by atoms with E-state index in [4.69, 9.17) is 4.74 Å². The summed E-state index contributed by atoms with van der Waals surface area (Å²) < 4.78 is 8.12. The Kier molecular flexibility index (Phi) is 3.73. The zero-order valence-electron chi connectivity index (χ0n) is 13.0. The van der Waals surface area contributed by atoms with Gasteiger partial charge in [-0.2, -0.15) is 0 Å². The van der Waals surface area contributed by atoms with Crippen LogP contribution in [-0.4, -0.2) is 36.4 Å². The molecule has 0 amide bonds. The van der Waals surface area contributed by atoms with Crippen molar-refractivity contribution in [1.29, 1.82) is 0 Å². The van der Waals surface area contributed by atoms with E-state index in [2.05, 4.69) is 38.0 Å². The second-order valence-electron chi connectivity index (χ2n) is 6.10. The summed E-state index contributed by atoms with van der Waals surface area (Å²) in [5.41, 5.74) is 2.92. The number of ether oxygens (including phenoxy) is 1. The summed E-state index contributed by atoms with van der Waals surface area (Å²) in [6, 6.07) is 2.09. The predicted molar refractivity (Wildman–Crippen MR) is 95.1 cm³/mol. The first-order chi connectivity index (χ1) is 11.2. The average Bonchev–Trinajstić information content (AvgIpc) is 2.57. The van der Waals surface area contributed by atoms with Crippen molar-refractivity contribution in [3.05, 3.63) is 38.9 Å². The lowest BCUT2D eigenvalue weighted by Gasteiger charge is -2.27. The maximum atomic E-state index is 13.0. The Morgan fingerprint density at radius 2 is 2.13 bits per heavy atom. The fraction of sp³-hybridized carbons (Fsp3) is 0.412. The molecule has 2 aliphatic heterocycles. The van der Waals surface area contributed by atoms with E-state index in [1.807, 2.05) is 13.1 Å². The third kappa shape index (κ3) is 2.40. The van der Waals surface area contributed by atoms with Crippen LogP contribution in [0.1, 0.15) is 24.4 Å². The maximum Gasteiger partial charge on any atom is 0.261 e. The van der Waals surface area contributed by atoms with Crippen molar-refractivity contribution in [3.8, 4) is 0 Å². The molecule has 0 saturated carbocycles. The highest BCUT2D eigenvalue weighted by atomic mass is 79.9. The third-order valence-corrected chi connectivity index (χ3v) is 5.32. The van der Waals surface area contributed by atoms with Gasteiger partial charge in [-0.15, -0.1) is 0 Å². The maximum absolute atomic E-state index is 13.0. The molecule has 1 aromatic carbocycles. The SMILES string of the molecule is CN1CC=Cc2c(Br)cc3c(=O)n(C4CCOCC4)cnc3c21. The van der Waals surface area contributed by atoms with Crippen LogP contribution in [0, 0.1) is 0 Å². The molecule has 0 bridgehead atoms. The van der Waals surface area contributed by atoms with Crippen LogP contribution in [-0.2, 0) is 4.74 Å². The molecule has 0 N–H and O–H groups in total. The standard InChI is InChI=1S/C17H18BrN3O2/c1-20-6-2-3-12-14(18)9-13-15(16(12)20)19-10-21(17(13)22)11-4-7-23-8-5-11/h2-3,9-11H,4-8H2,1H3. The first kappa shape index (κ1) is 14.9. The monoisotopic (exact) mass is 375 g/mol. The van der Waals surface area contributed by atoms with Crippen LogP contribution in [0.15, 0.2) is 27.7 Å². The lowest BCUT2D eigenvalue weighted by molar-refractivity contribution is 0.0685. The molecule has 1 fully saturated rings. The topological polar surface area (TPSA) is 47.4 Å². The highest BCUT2D eigenvalue weighted by Crippen LogP contribution is 2.36. The third-order valence-electron chi connectivity index (χ3n) is 4.67. The van der Waals surface area contributed by atoms with E-state index in [9.17, 15) is 4.79 Å². The van der Waals surface area contributed by atoms with Gasteiger partial charge in [0.2, 0.25) is 0 Å². The molecule has 4 rings (SSSR count). The van der Waals surface area contributed by atoms with Crippen LogP contribution in [0.25, 0.3) is 17.0 Å². The molecule has 120 valence electrons. The number of halogens is 1. The number of rotatable bonds is 1. The van der Waals surface area contributed by atoms with Gasteiger partial charge in [-0.1, -0.05) is 28.1 Å². The number of hydrogen-bond acceptors (Lipinski definition) is 4. The lowest BCUT2D eigenvalue weighted by Crippen LogP contribution is -2.30. The number of hydrogen-bond donors (Lipinski definition) is 0. The summed E-state index contributed by atoms with van der Waals surface area (Å²) in [6.07, 6.45) is 7.64. The Morgan fingerprint density at radius 3 is 2.91 bits per heavy atom. The fourth-order valence-corrected chi connectivity index (χ4v) is 3.98. The molecule has 2 aromatic rings. The van der Waals surface area contributed by atoms with Crippen LogP contribution >= 0.6 is 15.9 Å². The molecule has 23 heavy (non-hydrogen) atoms. The number of anilines is 1. The van der Waals surface area contributed by atoms with Gasteiger partial charge < -0.3 is 9.64 Å². The first-order valence-corrected chi connectivity index (χ1v) is 8.65. The average molecular weight is 376 g/mol. The summed E-state index contributed by atoms with van der Waals surface area (Å²) in [7, 11) is 2.03. The predicted octanol–water partition coefficient (Wildman–Crippen LogP) is 2.97. The smallest absolute Gasteiger partial charge is 0.261 e. The van der Waals surface area contributed by atoms with Crippen molar-refractivity contribution >= 4 is 38.6 Å². The van der Waals surface area contributed by atoms with E-state index in [0.29, 0.717) is 18.6 Å². The number of aromatic nitrogens is 2. The summed E-state index contributed by atoms with van der Waals surface area (Å²) in [4.78, 5) is 19.8. The molecular formula is C17H18BrN3O2. The minimum absolute atomic E-state index is 0.0355. The summed E-state index contributed by atoms with van der Waals surface area (Å²) in [5, 5.41) is 0.673. The molecule has 0 atom stereocenters. The van der Waals surface area contributed by atoms with Crippen molar-refractivity contribution in [1.82, 2.24) is 9.55 Å². The van der Waals surface area contributed by atoms with Crippen LogP contribution in [0.2, 0.25) is 0 Å². The van der Waals surface area contributed by atoms with Gasteiger partial charge in [0, 0.05) is 42.9 Å². The molecule has 1 saturated heterocycles. The van der Waals surface area contributed by atoms with Crippen molar-refractivity contribution < 1.29 is 4.74 Å². The van der Waals surface area contributed by atoms with Crippen molar-refractivity contribution in [2.75, 3.05) is 31.7 Å². The van der Waals surface area contributed by atoms with Gasteiger partial charge in [0.25, 0.3) is 5.56 Å². The van der Waals surface area contributed by atoms with Gasteiger partial charge >= 0.3 is 0 Å². The van der Waals surface area contributed by atoms with Gasteiger partial charge in [0.05, 0.1) is 17.4 Å². The summed E-state index contributed by atoms with van der Waals surface area (Å²) in [5.74, 6) is 0. The zero-order valence-corrected chi connectivity index (χ0v) is 14.5. The Balaban J connectivity index is 1.95. The Bertz CT molecular complexity index is 853. The number of benzene rings is 1. The molecule has 0 aliphatic carbocycles. The highest BCUT2D eigenvalue weighted by molar-refractivity contribution is 9.10. The van der Waals surface area contributed by atoms with Crippen molar-refractivity contribution in [2.45, 2.75) is 18.9 Å². The Morgan fingerprint density at radius 1 is 1.35 bits per heavy atom. The summed E-state index contributed by atoms with van der Waals surface area (Å²) >= 11 is 3.61. The van der Waals surface area contributed by atoms with E-state index in [-0.39, 0.29) is 11.6 Å². The second-order valence-corrected chi connectivity index (χ2v) is 6.95.